The van der Waals surface area contributed by atoms with Crippen LogP contribution in [0.5, 0.6) is 0 Å². The Morgan fingerprint density at radius 1 is 1.35 bits per heavy atom. The molecule has 1 unspecified atom stereocenters. The van der Waals surface area contributed by atoms with E-state index >= 15 is 0 Å². The summed E-state index contributed by atoms with van der Waals surface area (Å²) >= 11 is 0. The minimum absolute atomic E-state index is 0.0479. The van der Waals surface area contributed by atoms with Gasteiger partial charge in [0, 0.05) is 11.3 Å². The molecular formula is C16H19N3O. The van der Waals surface area contributed by atoms with Gasteiger partial charge in [-0.05, 0) is 44.2 Å². The molecule has 104 valence electrons. The molecule has 2 N–H and O–H groups in total. The van der Waals surface area contributed by atoms with Crippen LogP contribution in [-0.4, -0.2) is 16.1 Å². The number of aromatic amines is 1. The summed E-state index contributed by atoms with van der Waals surface area (Å²) < 4.78 is 0. The zero-order chi connectivity index (χ0) is 14.1. The number of aromatic nitrogens is 2. The molecule has 1 aliphatic rings. The van der Waals surface area contributed by atoms with Crippen LogP contribution in [0.25, 0.3) is 0 Å². The summed E-state index contributed by atoms with van der Waals surface area (Å²) in [5.41, 5.74) is 4.46. The smallest absolute Gasteiger partial charge is 0.233 e. The number of nitrogens with one attached hydrogen (secondary N) is 2. The maximum absolute atomic E-state index is 12.5. The fraction of sp³-hybridized carbons (Fsp3) is 0.375. The normalized spacial score (nSPS) is 17.6. The molecule has 0 aliphatic heterocycles. The van der Waals surface area contributed by atoms with Crippen molar-refractivity contribution in [2.45, 2.75) is 39.0 Å². The zero-order valence-electron chi connectivity index (χ0n) is 11.9. The Morgan fingerprint density at radius 3 is 2.90 bits per heavy atom. The van der Waals surface area contributed by atoms with Crippen molar-refractivity contribution >= 4 is 11.7 Å². The molecule has 0 saturated carbocycles. The van der Waals surface area contributed by atoms with Gasteiger partial charge in [-0.2, -0.15) is 5.10 Å². The molecular weight excluding hydrogens is 250 g/mol. The van der Waals surface area contributed by atoms with Crippen LogP contribution >= 0.6 is 0 Å². The first kappa shape index (κ1) is 12.9. The van der Waals surface area contributed by atoms with Crippen molar-refractivity contribution in [3.63, 3.8) is 0 Å². The number of fused-ring (bicyclic) bond motifs is 1. The van der Waals surface area contributed by atoms with Crippen LogP contribution in [0.4, 0.5) is 5.82 Å². The van der Waals surface area contributed by atoms with Crippen molar-refractivity contribution in [2.75, 3.05) is 5.32 Å². The lowest BCUT2D eigenvalue weighted by molar-refractivity contribution is -0.117. The third-order valence-electron chi connectivity index (χ3n) is 4.18. The fourth-order valence-corrected chi connectivity index (χ4v) is 2.84. The zero-order valence-corrected chi connectivity index (χ0v) is 11.9. The quantitative estimate of drug-likeness (QED) is 0.880. The molecule has 1 atom stereocenters. The minimum Gasteiger partial charge on any atom is -0.308 e. The van der Waals surface area contributed by atoms with E-state index in [1.54, 1.807) is 0 Å². The number of amides is 1. The van der Waals surface area contributed by atoms with E-state index in [-0.39, 0.29) is 11.8 Å². The molecule has 20 heavy (non-hydrogen) atoms. The van der Waals surface area contributed by atoms with Gasteiger partial charge in [-0.25, -0.2) is 0 Å². The molecule has 4 heteroatoms. The monoisotopic (exact) mass is 269 g/mol. The highest BCUT2D eigenvalue weighted by molar-refractivity contribution is 5.96. The van der Waals surface area contributed by atoms with Crippen molar-refractivity contribution in [1.82, 2.24) is 10.2 Å². The highest BCUT2D eigenvalue weighted by atomic mass is 16.2. The first-order chi connectivity index (χ1) is 9.66. The second-order valence-corrected chi connectivity index (χ2v) is 5.46. The maximum atomic E-state index is 12.5. The van der Waals surface area contributed by atoms with Gasteiger partial charge in [0.2, 0.25) is 5.91 Å². The second kappa shape index (κ2) is 5.12. The van der Waals surface area contributed by atoms with Gasteiger partial charge in [-0.15, -0.1) is 0 Å². The molecule has 4 nitrogen and oxygen atoms in total. The van der Waals surface area contributed by atoms with Gasteiger partial charge < -0.3 is 5.32 Å². The molecule has 0 spiro atoms. The lowest BCUT2D eigenvalue weighted by Crippen LogP contribution is -2.25. The van der Waals surface area contributed by atoms with E-state index < -0.39 is 0 Å². The number of rotatable bonds is 2. The van der Waals surface area contributed by atoms with Crippen LogP contribution < -0.4 is 5.32 Å². The molecule has 2 aromatic rings. The third kappa shape index (κ3) is 2.22. The van der Waals surface area contributed by atoms with Crippen LogP contribution in [0.15, 0.2) is 24.3 Å². The number of H-pyrrole nitrogens is 1. The molecule has 3 rings (SSSR count). The van der Waals surface area contributed by atoms with E-state index in [9.17, 15) is 4.79 Å². The number of aryl methyl sites for hydroxylation is 2. The Labute approximate surface area is 118 Å². The molecule has 1 aromatic heterocycles. The van der Waals surface area contributed by atoms with Crippen LogP contribution in [0.1, 0.15) is 41.1 Å². The van der Waals surface area contributed by atoms with Gasteiger partial charge in [-0.1, -0.05) is 24.3 Å². The molecule has 0 bridgehead atoms. The van der Waals surface area contributed by atoms with Gasteiger partial charge in [0.25, 0.3) is 0 Å². The summed E-state index contributed by atoms with van der Waals surface area (Å²) in [4.78, 5) is 12.5. The maximum Gasteiger partial charge on any atom is 0.233 e. The van der Waals surface area contributed by atoms with Crippen LogP contribution in [0.3, 0.4) is 0 Å². The van der Waals surface area contributed by atoms with Crippen molar-refractivity contribution in [3.05, 3.63) is 46.6 Å². The summed E-state index contributed by atoms with van der Waals surface area (Å²) in [6.07, 6.45) is 3.04. The standard InChI is InChI=1S/C16H19N3O/c1-10-11(2)18-19-15(10)17-16(20)14-9-5-7-12-6-3-4-8-13(12)14/h3-4,6,8,14H,5,7,9H2,1-2H3,(H2,17,18,19,20). The first-order valence-corrected chi connectivity index (χ1v) is 7.07. The number of anilines is 1. The van der Waals surface area contributed by atoms with E-state index in [1.165, 1.54) is 11.1 Å². The SMILES string of the molecule is Cc1[nH]nc(NC(=O)C2CCCc3ccccc32)c1C. The van der Waals surface area contributed by atoms with E-state index in [0.29, 0.717) is 5.82 Å². The molecule has 1 aliphatic carbocycles. The summed E-state index contributed by atoms with van der Waals surface area (Å²) in [6.45, 7) is 3.91. The van der Waals surface area contributed by atoms with Gasteiger partial charge in [0.05, 0.1) is 5.92 Å². The number of carbonyl (C=O) groups is 1. The number of benzene rings is 1. The van der Waals surface area contributed by atoms with Crippen LogP contribution in [0.2, 0.25) is 0 Å². The van der Waals surface area contributed by atoms with E-state index in [0.717, 1.165) is 30.5 Å². The third-order valence-corrected chi connectivity index (χ3v) is 4.18. The molecule has 0 radical (unpaired) electrons. The predicted molar refractivity (Wildman–Crippen MR) is 78.8 cm³/mol. The lowest BCUT2D eigenvalue weighted by atomic mass is 9.82. The topological polar surface area (TPSA) is 57.8 Å². The Kier molecular flexibility index (Phi) is 3.30. The summed E-state index contributed by atoms with van der Waals surface area (Å²) in [7, 11) is 0. The van der Waals surface area contributed by atoms with E-state index in [2.05, 4.69) is 27.6 Å². The van der Waals surface area contributed by atoms with E-state index in [1.807, 2.05) is 26.0 Å². The molecule has 0 fully saturated rings. The lowest BCUT2D eigenvalue weighted by Gasteiger charge is -2.24. The molecule has 1 heterocycles. The molecule has 1 aromatic carbocycles. The van der Waals surface area contributed by atoms with Gasteiger partial charge >= 0.3 is 0 Å². The van der Waals surface area contributed by atoms with Gasteiger partial charge in [0.1, 0.15) is 0 Å². The number of hydrogen-bond donors (Lipinski definition) is 2. The Morgan fingerprint density at radius 2 is 2.15 bits per heavy atom. The van der Waals surface area contributed by atoms with Gasteiger partial charge in [-0.3, -0.25) is 9.89 Å². The Bertz CT molecular complexity index is 645. The minimum atomic E-state index is -0.0589. The van der Waals surface area contributed by atoms with Crippen molar-refractivity contribution < 1.29 is 4.79 Å². The highest BCUT2D eigenvalue weighted by Crippen LogP contribution is 2.32. The second-order valence-electron chi connectivity index (χ2n) is 5.46. The van der Waals surface area contributed by atoms with Crippen molar-refractivity contribution in [1.29, 1.82) is 0 Å². The van der Waals surface area contributed by atoms with Gasteiger partial charge in [0.15, 0.2) is 5.82 Å². The molecule has 1 amide bonds. The highest BCUT2D eigenvalue weighted by Gasteiger charge is 2.26. The molecule has 0 saturated heterocycles. The summed E-state index contributed by atoms with van der Waals surface area (Å²) in [5.74, 6) is 0.638. The van der Waals surface area contributed by atoms with Crippen LogP contribution in [0, 0.1) is 13.8 Å². The fourth-order valence-electron chi connectivity index (χ4n) is 2.84. The average molecular weight is 269 g/mol. The average Bonchev–Trinajstić information content (AvgIpc) is 2.78. The van der Waals surface area contributed by atoms with Crippen molar-refractivity contribution in [2.24, 2.45) is 0 Å². The van der Waals surface area contributed by atoms with Crippen molar-refractivity contribution in [3.8, 4) is 0 Å². The summed E-state index contributed by atoms with van der Waals surface area (Å²) in [6, 6.07) is 8.24. The first-order valence-electron chi connectivity index (χ1n) is 7.07. The Balaban J connectivity index is 1.84. The van der Waals surface area contributed by atoms with Crippen LogP contribution in [-0.2, 0) is 11.2 Å². The largest absolute Gasteiger partial charge is 0.308 e. The number of nitrogens with zero attached hydrogens (tertiary/aromatic N) is 1. The Hall–Kier alpha value is -2.10. The summed E-state index contributed by atoms with van der Waals surface area (Å²) in [5, 5.41) is 10.0. The number of hydrogen-bond acceptors (Lipinski definition) is 2. The van der Waals surface area contributed by atoms with E-state index in [4.69, 9.17) is 0 Å². The predicted octanol–water partition coefficient (Wildman–Crippen LogP) is 3.09. The number of carbonyl (C=O) groups excluding carboxylic acids is 1.